The summed E-state index contributed by atoms with van der Waals surface area (Å²) < 4.78 is 2.18. The van der Waals surface area contributed by atoms with Crippen LogP contribution in [0.3, 0.4) is 0 Å². The highest BCUT2D eigenvalue weighted by Gasteiger charge is 2.10. The summed E-state index contributed by atoms with van der Waals surface area (Å²) in [6.07, 6.45) is 4.34. The van der Waals surface area contributed by atoms with Crippen molar-refractivity contribution in [2.45, 2.75) is 53.6 Å². The van der Waals surface area contributed by atoms with Crippen molar-refractivity contribution >= 4 is 0 Å². The Morgan fingerprint density at radius 3 is 2.69 bits per heavy atom. The second kappa shape index (κ2) is 6.69. The average molecular weight is 223 g/mol. The Morgan fingerprint density at radius 2 is 2.12 bits per heavy atom. The van der Waals surface area contributed by atoms with Crippen LogP contribution in [0.1, 0.15) is 45.4 Å². The van der Waals surface area contributed by atoms with E-state index in [1.807, 2.05) is 6.20 Å². The second-order valence-electron chi connectivity index (χ2n) is 4.72. The molecule has 0 aromatic carbocycles. The first-order chi connectivity index (χ1) is 7.69. The standard InChI is InChI=1S/C13H25N3/c1-5-7-13-12(8-14-6-2)9-15-16(13)10-11(3)4/h9,11,14H,5-8,10H2,1-4H3. The lowest BCUT2D eigenvalue weighted by molar-refractivity contribution is 0.466. The van der Waals surface area contributed by atoms with E-state index in [2.05, 4.69) is 42.8 Å². The number of aromatic nitrogens is 2. The van der Waals surface area contributed by atoms with Crippen LogP contribution >= 0.6 is 0 Å². The van der Waals surface area contributed by atoms with E-state index in [4.69, 9.17) is 0 Å². The summed E-state index contributed by atoms with van der Waals surface area (Å²) in [5, 5.41) is 7.88. The number of nitrogens with zero attached hydrogens (tertiary/aromatic N) is 2. The van der Waals surface area contributed by atoms with Gasteiger partial charge in [-0.15, -0.1) is 0 Å². The Labute approximate surface area is 99.2 Å². The Kier molecular flexibility index (Phi) is 5.53. The molecule has 0 aliphatic carbocycles. The van der Waals surface area contributed by atoms with E-state index in [0.29, 0.717) is 5.92 Å². The smallest absolute Gasteiger partial charge is 0.0537 e. The van der Waals surface area contributed by atoms with Crippen molar-refractivity contribution in [3.05, 3.63) is 17.5 Å². The molecule has 0 amide bonds. The topological polar surface area (TPSA) is 29.9 Å². The summed E-state index contributed by atoms with van der Waals surface area (Å²) >= 11 is 0. The number of hydrogen-bond donors (Lipinski definition) is 1. The van der Waals surface area contributed by atoms with Crippen LogP contribution < -0.4 is 5.32 Å². The number of nitrogens with one attached hydrogen (secondary N) is 1. The normalized spacial score (nSPS) is 11.3. The van der Waals surface area contributed by atoms with Gasteiger partial charge in [0.2, 0.25) is 0 Å². The zero-order valence-electron chi connectivity index (χ0n) is 11.1. The van der Waals surface area contributed by atoms with Gasteiger partial charge in [0.1, 0.15) is 0 Å². The summed E-state index contributed by atoms with van der Waals surface area (Å²) in [6, 6.07) is 0. The van der Waals surface area contributed by atoms with Gasteiger partial charge < -0.3 is 5.32 Å². The first-order valence-electron chi connectivity index (χ1n) is 6.43. The Balaban J connectivity index is 2.79. The maximum atomic E-state index is 4.50. The first kappa shape index (κ1) is 13.2. The molecule has 92 valence electrons. The molecule has 1 heterocycles. The molecule has 0 spiro atoms. The molecule has 0 saturated carbocycles. The van der Waals surface area contributed by atoms with Gasteiger partial charge in [0, 0.05) is 24.3 Å². The minimum atomic E-state index is 0.655. The molecule has 3 nitrogen and oxygen atoms in total. The molecule has 1 rings (SSSR count). The summed E-state index contributed by atoms with van der Waals surface area (Å²) in [5.41, 5.74) is 2.78. The summed E-state index contributed by atoms with van der Waals surface area (Å²) in [6.45, 7) is 11.8. The fraction of sp³-hybridized carbons (Fsp3) is 0.769. The second-order valence-corrected chi connectivity index (χ2v) is 4.72. The van der Waals surface area contributed by atoms with Crippen molar-refractivity contribution in [2.24, 2.45) is 5.92 Å². The molecular weight excluding hydrogens is 198 g/mol. The maximum Gasteiger partial charge on any atom is 0.0537 e. The zero-order chi connectivity index (χ0) is 12.0. The molecule has 0 atom stereocenters. The maximum absolute atomic E-state index is 4.50. The van der Waals surface area contributed by atoms with E-state index < -0.39 is 0 Å². The van der Waals surface area contributed by atoms with Gasteiger partial charge in [0.05, 0.1) is 6.20 Å². The fourth-order valence-corrected chi connectivity index (χ4v) is 1.89. The molecule has 16 heavy (non-hydrogen) atoms. The van der Waals surface area contributed by atoms with Gasteiger partial charge >= 0.3 is 0 Å². The van der Waals surface area contributed by atoms with E-state index in [9.17, 15) is 0 Å². The highest BCUT2D eigenvalue weighted by atomic mass is 15.3. The fourth-order valence-electron chi connectivity index (χ4n) is 1.89. The molecule has 1 aromatic rings. The van der Waals surface area contributed by atoms with Crippen LogP contribution in [0.5, 0.6) is 0 Å². The molecule has 0 aliphatic heterocycles. The molecule has 0 saturated heterocycles. The zero-order valence-corrected chi connectivity index (χ0v) is 11.1. The predicted molar refractivity (Wildman–Crippen MR) is 68.4 cm³/mol. The Bertz CT molecular complexity index is 302. The molecular formula is C13H25N3. The highest BCUT2D eigenvalue weighted by Crippen LogP contribution is 2.13. The van der Waals surface area contributed by atoms with Crippen molar-refractivity contribution in [1.82, 2.24) is 15.1 Å². The summed E-state index contributed by atoms with van der Waals surface area (Å²) in [7, 11) is 0. The monoisotopic (exact) mass is 223 g/mol. The quantitative estimate of drug-likeness (QED) is 0.770. The molecule has 0 aliphatic rings. The summed E-state index contributed by atoms with van der Waals surface area (Å²) in [4.78, 5) is 0. The molecule has 1 N–H and O–H groups in total. The molecule has 0 bridgehead atoms. The van der Waals surface area contributed by atoms with Crippen LogP contribution in [0.2, 0.25) is 0 Å². The lowest BCUT2D eigenvalue weighted by atomic mass is 10.1. The third kappa shape index (κ3) is 3.63. The van der Waals surface area contributed by atoms with Crippen LogP contribution in [0.25, 0.3) is 0 Å². The largest absolute Gasteiger partial charge is 0.313 e. The van der Waals surface area contributed by atoms with E-state index in [0.717, 1.165) is 26.1 Å². The van der Waals surface area contributed by atoms with Gasteiger partial charge in [0.15, 0.2) is 0 Å². The molecule has 0 fully saturated rings. The van der Waals surface area contributed by atoms with Crippen molar-refractivity contribution in [2.75, 3.05) is 6.54 Å². The van der Waals surface area contributed by atoms with Gasteiger partial charge in [-0.2, -0.15) is 5.10 Å². The Morgan fingerprint density at radius 1 is 1.38 bits per heavy atom. The average Bonchev–Trinajstić information content (AvgIpc) is 2.59. The third-order valence-corrected chi connectivity index (χ3v) is 2.63. The van der Waals surface area contributed by atoms with E-state index in [1.54, 1.807) is 0 Å². The van der Waals surface area contributed by atoms with Gasteiger partial charge in [-0.3, -0.25) is 4.68 Å². The van der Waals surface area contributed by atoms with E-state index >= 15 is 0 Å². The van der Waals surface area contributed by atoms with E-state index in [-0.39, 0.29) is 0 Å². The first-order valence-corrected chi connectivity index (χ1v) is 6.43. The van der Waals surface area contributed by atoms with Crippen LogP contribution in [-0.2, 0) is 19.5 Å². The summed E-state index contributed by atoms with van der Waals surface area (Å²) in [5.74, 6) is 0.655. The minimum absolute atomic E-state index is 0.655. The van der Waals surface area contributed by atoms with Gasteiger partial charge in [-0.1, -0.05) is 34.1 Å². The molecule has 1 aromatic heterocycles. The van der Waals surface area contributed by atoms with Crippen LogP contribution in [-0.4, -0.2) is 16.3 Å². The lowest BCUT2D eigenvalue weighted by Crippen LogP contribution is -2.15. The third-order valence-electron chi connectivity index (χ3n) is 2.63. The van der Waals surface area contributed by atoms with E-state index in [1.165, 1.54) is 17.7 Å². The number of hydrogen-bond acceptors (Lipinski definition) is 2. The molecule has 3 heteroatoms. The Hall–Kier alpha value is -0.830. The highest BCUT2D eigenvalue weighted by molar-refractivity contribution is 5.18. The van der Waals surface area contributed by atoms with Gasteiger partial charge in [-0.05, 0) is 18.9 Å². The minimum Gasteiger partial charge on any atom is -0.313 e. The predicted octanol–water partition coefficient (Wildman–Crippen LogP) is 2.60. The van der Waals surface area contributed by atoms with Gasteiger partial charge in [0.25, 0.3) is 0 Å². The van der Waals surface area contributed by atoms with Gasteiger partial charge in [-0.25, -0.2) is 0 Å². The van der Waals surface area contributed by atoms with Crippen molar-refractivity contribution in [1.29, 1.82) is 0 Å². The van der Waals surface area contributed by atoms with Crippen LogP contribution in [0.4, 0.5) is 0 Å². The van der Waals surface area contributed by atoms with Crippen molar-refractivity contribution in [3.8, 4) is 0 Å². The molecule has 0 radical (unpaired) electrons. The lowest BCUT2D eigenvalue weighted by Gasteiger charge is -2.11. The van der Waals surface area contributed by atoms with Crippen LogP contribution in [0, 0.1) is 5.92 Å². The van der Waals surface area contributed by atoms with Crippen molar-refractivity contribution < 1.29 is 0 Å². The SMILES string of the molecule is CCCc1c(CNCC)cnn1CC(C)C. The van der Waals surface area contributed by atoms with Crippen molar-refractivity contribution in [3.63, 3.8) is 0 Å². The van der Waals surface area contributed by atoms with Crippen LogP contribution in [0.15, 0.2) is 6.20 Å². The number of rotatable bonds is 7. The molecule has 0 unspecified atom stereocenters.